The fraction of sp³-hybridized carbons (Fsp3) is 0.417. The highest BCUT2D eigenvalue weighted by Crippen LogP contribution is 2.18. The lowest BCUT2D eigenvalue weighted by molar-refractivity contribution is -0.121. The Hall–Kier alpha value is -1.91. The van der Waals surface area contributed by atoms with E-state index >= 15 is 0 Å². The molecule has 5 heteroatoms. The van der Waals surface area contributed by atoms with Crippen molar-refractivity contribution >= 4 is 11.8 Å². The van der Waals surface area contributed by atoms with E-state index in [4.69, 9.17) is 5.73 Å². The molecule has 0 aliphatic carbocycles. The Morgan fingerprint density at radius 2 is 2.24 bits per heavy atom. The molecule has 1 aliphatic rings. The number of nitrogens with zero attached hydrogens (tertiary/aromatic N) is 2. The van der Waals surface area contributed by atoms with Crippen LogP contribution in [0.2, 0.25) is 0 Å². The second-order valence-electron chi connectivity index (χ2n) is 4.33. The molecule has 1 saturated heterocycles. The molecule has 0 aromatic carbocycles. The number of aromatic nitrogens is 1. The van der Waals surface area contributed by atoms with Gasteiger partial charge in [0.05, 0.1) is 11.5 Å². The van der Waals surface area contributed by atoms with Crippen molar-refractivity contribution in [2.75, 3.05) is 13.1 Å². The van der Waals surface area contributed by atoms with E-state index in [2.05, 4.69) is 4.98 Å². The topological polar surface area (TPSA) is 76.3 Å². The average Bonchev–Trinajstić information content (AvgIpc) is 2.78. The molecule has 1 atom stereocenters. The lowest BCUT2D eigenvalue weighted by atomic mass is 10.1. The van der Waals surface area contributed by atoms with E-state index in [1.165, 1.54) is 0 Å². The number of pyridine rings is 1. The van der Waals surface area contributed by atoms with Crippen LogP contribution in [0.25, 0.3) is 0 Å². The molecule has 1 unspecified atom stereocenters. The fourth-order valence-electron chi connectivity index (χ4n) is 1.95. The fourth-order valence-corrected chi connectivity index (χ4v) is 1.95. The van der Waals surface area contributed by atoms with Gasteiger partial charge in [0, 0.05) is 25.0 Å². The maximum atomic E-state index is 12.1. The quantitative estimate of drug-likeness (QED) is 0.800. The van der Waals surface area contributed by atoms with Crippen molar-refractivity contribution in [1.29, 1.82) is 0 Å². The molecule has 2 rings (SSSR count). The van der Waals surface area contributed by atoms with E-state index in [0.29, 0.717) is 25.1 Å². The highest BCUT2D eigenvalue weighted by atomic mass is 16.2. The van der Waals surface area contributed by atoms with Gasteiger partial charge in [-0.05, 0) is 25.5 Å². The third-order valence-corrected chi connectivity index (χ3v) is 3.04. The highest BCUT2D eigenvalue weighted by molar-refractivity contribution is 5.94. The summed E-state index contributed by atoms with van der Waals surface area (Å²) < 4.78 is 0. The Labute approximate surface area is 99.6 Å². The number of primary amides is 1. The Kier molecular flexibility index (Phi) is 3.08. The summed E-state index contributed by atoms with van der Waals surface area (Å²) >= 11 is 0. The van der Waals surface area contributed by atoms with Crippen molar-refractivity contribution in [2.45, 2.75) is 13.3 Å². The van der Waals surface area contributed by atoms with Crippen molar-refractivity contribution in [2.24, 2.45) is 11.7 Å². The summed E-state index contributed by atoms with van der Waals surface area (Å²) in [5, 5.41) is 0. The monoisotopic (exact) mass is 233 g/mol. The van der Waals surface area contributed by atoms with E-state index in [0.717, 1.165) is 5.69 Å². The number of nitrogens with two attached hydrogens (primary N) is 1. The van der Waals surface area contributed by atoms with Crippen molar-refractivity contribution in [3.8, 4) is 0 Å². The van der Waals surface area contributed by atoms with Gasteiger partial charge in [-0.2, -0.15) is 0 Å². The lowest BCUT2D eigenvalue weighted by Gasteiger charge is -2.15. The summed E-state index contributed by atoms with van der Waals surface area (Å²) in [6, 6.07) is 3.55. The Balaban J connectivity index is 2.07. The molecule has 2 N–H and O–H groups in total. The summed E-state index contributed by atoms with van der Waals surface area (Å²) in [6.45, 7) is 2.87. The van der Waals surface area contributed by atoms with Crippen LogP contribution in [0.15, 0.2) is 18.3 Å². The van der Waals surface area contributed by atoms with Crippen LogP contribution in [-0.2, 0) is 4.79 Å². The number of carbonyl (C=O) groups is 2. The number of likely N-dealkylation sites (tertiary alicyclic amines) is 1. The Morgan fingerprint density at radius 1 is 1.47 bits per heavy atom. The van der Waals surface area contributed by atoms with Gasteiger partial charge in [0.25, 0.3) is 5.91 Å². The molecule has 0 spiro atoms. The molecule has 1 aliphatic heterocycles. The summed E-state index contributed by atoms with van der Waals surface area (Å²) in [6.07, 6.45) is 2.22. The van der Waals surface area contributed by atoms with E-state index in [9.17, 15) is 9.59 Å². The minimum absolute atomic E-state index is 0.0822. The smallest absolute Gasteiger partial charge is 0.255 e. The normalized spacial score (nSPS) is 19.4. The summed E-state index contributed by atoms with van der Waals surface area (Å²) in [7, 11) is 0. The minimum Gasteiger partial charge on any atom is -0.369 e. The lowest BCUT2D eigenvalue weighted by Crippen LogP contribution is -2.31. The second-order valence-corrected chi connectivity index (χ2v) is 4.33. The van der Waals surface area contributed by atoms with Gasteiger partial charge >= 0.3 is 0 Å². The average molecular weight is 233 g/mol. The van der Waals surface area contributed by atoms with Crippen LogP contribution in [0.3, 0.4) is 0 Å². The van der Waals surface area contributed by atoms with E-state index in [1.807, 2.05) is 6.92 Å². The largest absolute Gasteiger partial charge is 0.369 e. The van der Waals surface area contributed by atoms with Crippen LogP contribution in [-0.4, -0.2) is 34.8 Å². The van der Waals surface area contributed by atoms with Crippen LogP contribution in [0, 0.1) is 12.8 Å². The molecule has 5 nitrogen and oxygen atoms in total. The number of hydrogen-bond donors (Lipinski definition) is 1. The predicted octanol–water partition coefficient (Wildman–Crippen LogP) is 0.337. The van der Waals surface area contributed by atoms with Crippen LogP contribution in [0.1, 0.15) is 22.5 Å². The first-order valence-electron chi connectivity index (χ1n) is 5.59. The zero-order valence-corrected chi connectivity index (χ0v) is 9.72. The Morgan fingerprint density at radius 3 is 2.76 bits per heavy atom. The number of carbonyl (C=O) groups excluding carboxylic acids is 2. The van der Waals surface area contributed by atoms with E-state index in [1.54, 1.807) is 23.2 Å². The molecular weight excluding hydrogens is 218 g/mol. The van der Waals surface area contributed by atoms with Gasteiger partial charge < -0.3 is 10.6 Å². The van der Waals surface area contributed by atoms with Crippen molar-refractivity contribution in [3.63, 3.8) is 0 Å². The molecule has 2 heterocycles. The zero-order chi connectivity index (χ0) is 12.4. The predicted molar refractivity (Wildman–Crippen MR) is 62.2 cm³/mol. The number of rotatable bonds is 2. The molecule has 1 aromatic rings. The number of aryl methyl sites for hydroxylation is 1. The molecule has 1 aromatic heterocycles. The Bertz CT molecular complexity index is 442. The first kappa shape index (κ1) is 11.6. The molecule has 90 valence electrons. The highest BCUT2D eigenvalue weighted by Gasteiger charge is 2.30. The van der Waals surface area contributed by atoms with Gasteiger partial charge in [-0.15, -0.1) is 0 Å². The second kappa shape index (κ2) is 4.53. The maximum absolute atomic E-state index is 12.1. The van der Waals surface area contributed by atoms with Gasteiger partial charge in [0.1, 0.15) is 0 Å². The SMILES string of the molecule is Cc1ccc(C(=O)N2CCC(C(N)=O)C2)cn1. The van der Waals surface area contributed by atoms with Gasteiger partial charge in [0.2, 0.25) is 5.91 Å². The molecule has 0 bridgehead atoms. The standard InChI is InChI=1S/C12H15N3O2/c1-8-2-3-9(6-14-8)12(17)15-5-4-10(7-15)11(13)16/h2-3,6,10H,4-5,7H2,1H3,(H2,13,16). The molecule has 17 heavy (non-hydrogen) atoms. The summed E-state index contributed by atoms with van der Waals surface area (Å²) in [5.74, 6) is -0.624. The third kappa shape index (κ3) is 2.43. The van der Waals surface area contributed by atoms with Crippen LogP contribution >= 0.6 is 0 Å². The molecule has 0 saturated carbocycles. The first-order chi connectivity index (χ1) is 8.08. The van der Waals surface area contributed by atoms with Crippen molar-refractivity contribution in [1.82, 2.24) is 9.88 Å². The number of hydrogen-bond acceptors (Lipinski definition) is 3. The number of amides is 2. The van der Waals surface area contributed by atoms with Crippen molar-refractivity contribution < 1.29 is 9.59 Å². The molecule has 0 radical (unpaired) electrons. The van der Waals surface area contributed by atoms with E-state index in [-0.39, 0.29) is 17.7 Å². The van der Waals surface area contributed by atoms with E-state index < -0.39 is 0 Å². The van der Waals surface area contributed by atoms with Gasteiger partial charge in [-0.3, -0.25) is 14.6 Å². The maximum Gasteiger partial charge on any atom is 0.255 e. The third-order valence-electron chi connectivity index (χ3n) is 3.04. The first-order valence-corrected chi connectivity index (χ1v) is 5.59. The summed E-state index contributed by atoms with van der Waals surface area (Å²) in [5.41, 5.74) is 6.66. The van der Waals surface area contributed by atoms with Crippen LogP contribution in [0.4, 0.5) is 0 Å². The summed E-state index contributed by atoms with van der Waals surface area (Å²) in [4.78, 5) is 28.8. The van der Waals surface area contributed by atoms with Gasteiger partial charge in [0.15, 0.2) is 0 Å². The minimum atomic E-state index is -0.331. The van der Waals surface area contributed by atoms with Crippen LogP contribution < -0.4 is 5.73 Å². The van der Waals surface area contributed by atoms with Gasteiger partial charge in [-0.1, -0.05) is 0 Å². The molecular formula is C12H15N3O2. The molecule has 1 fully saturated rings. The van der Waals surface area contributed by atoms with Crippen LogP contribution in [0.5, 0.6) is 0 Å². The molecule has 2 amide bonds. The van der Waals surface area contributed by atoms with Crippen molar-refractivity contribution in [3.05, 3.63) is 29.6 Å². The zero-order valence-electron chi connectivity index (χ0n) is 9.72. The van der Waals surface area contributed by atoms with Gasteiger partial charge in [-0.25, -0.2) is 0 Å².